The van der Waals surface area contributed by atoms with E-state index >= 15 is 0 Å². The highest BCUT2D eigenvalue weighted by Crippen LogP contribution is 2.22. The van der Waals surface area contributed by atoms with Gasteiger partial charge in [-0.15, -0.1) is 0 Å². The lowest BCUT2D eigenvalue weighted by atomic mass is 10.0. The summed E-state index contributed by atoms with van der Waals surface area (Å²) in [4.78, 5) is 73.9. The zero-order valence-electron chi connectivity index (χ0n) is 27.6. The number of carboxylic acid groups (broad SMARTS) is 1. The number of aromatic carboxylic acids is 1. The van der Waals surface area contributed by atoms with Gasteiger partial charge in [0.05, 0.1) is 40.0 Å². The molecule has 0 heterocycles. The number of carboxylic acids is 1. The van der Waals surface area contributed by atoms with Gasteiger partial charge >= 0.3 is 35.8 Å². The summed E-state index contributed by atoms with van der Waals surface area (Å²) in [5.74, 6) is -4.61. The SMILES string of the molecule is CCC(C)(COC(=O)c1ccc(C(=O)OC(C)(CC)COC(=O)c2ccc(C(=O)O)cc2)cc1)OC(=O)c1ccc(C(=O)OCCO)cc1. The Labute approximate surface area is 282 Å². The minimum atomic E-state index is -1.18. The topological polar surface area (TPSA) is 189 Å². The smallest absolute Gasteiger partial charge is 0.338 e. The molecule has 13 nitrogen and oxygen atoms in total. The van der Waals surface area contributed by atoms with E-state index in [9.17, 15) is 28.8 Å². The van der Waals surface area contributed by atoms with Crippen molar-refractivity contribution in [1.29, 1.82) is 0 Å². The summed E-state index contributed by atoms with van der Waals surface area (Å²) in [6, 6.07) is 16.3. The van der Waals surface area contributed by atoms with Crippen LogP contribution >= 0.6 is 0 Å². The van der Waals surface area contributed by atoms with E-state index in [-0.39, 0.29) is 59.8 Å². The van der Waals surface area contributed by atoms with E-state index in [4.69, 9.17) is 33.9 Å². The van der Waals surface area contributed by atoms with Crippen molar-refractivity contribution in [3.63, 3.8) is 0 Å². The number of hydrogen-bond donors (Lipinski definition) is 2. The summed E-state index contributed by atoms with van der Waals surface area (Å²) in [6.45, 7) is 5.73. The first kappa shape index (κ1) is 37.9. The maximum absolute atomic E-state index is 12.9. The monoisotopic (exact) mass is 678 g/mol. The van der Waals surface area contributed by atoms with Crippen molar-refractivity contribution in [2.75, 3.05) is 26.4 Å². The number of carbonyl (C=O) groups excluding carboxylic acids is 5. The number of rotatable bonds is 16. The van der Waals surface area contributed by atoms with Gasteiger partial charge in [-0.25, -0.2) is 28.8 Å². The van der Waals surface area contributed by atoms with Crippen LogP contribution in [0.2, 0.25) is 0 Å². The van der Waals surface area contributed by atoms with Crippen molar-refractivity contribution in [2.24, 2.45) is 0 Å². The Hall–Kier alpha value is -5.56. The number of aliphatic hydroxyl groups excluding tert-OH is 1. The molecule has 0 amide bonds. The largest absolute Gasteiger partial charge is 0.478 e. The van der Waals surface area contributed by atoms with Crippen molar-refractivity contribution in [1.82, 2.24) is 0 Å². The standard InChI is InChI=1S/C36H38O13/c1-5-35(3,21-46-31(41)25-9-7-23(8-10-25)29(38)39)49-34(44)28-17-13-26(14-18-28)32(42)47-22-36(4,6-2)48-33(43)27-15-11-24(12-16-27)30(40)45-20-19-37/h7-18,37H,5-6,19-22H2,1-4H3,(H,38,39). The summed E-state index contributed by atoms with van der Waals surface area (Å²) in [7, 11) is 0. The predicted octanol–water partition coefficient (Wildman–Crippen LogP) is 4.90. The Morgan fingerprint density at radius 2 is 0.796 bits per heavy atom. The molecule has 0 aliphatic rings. The molecule has 2 N–H and O–H groups in total. The molecule has 0 aliphatic carbocycles. The Bertz CT molecular complexity index is 1650. The molecular formula is C36H38O13. The fraction of sp³-hybridized carbons (Fsp3) is 0.333. The number of aliphatic hydroxyl groups is 1. The van der Waals surface area contributed by atoms with Gasteiger partial charge in [-0.05, 0) is 99.5 Å². The molecule has 260 valence electrons. The number of carbonyl (C=O) groups is 6. The second kappa shape index (κ2) is 17.0. The van der Waals surface area contributed by atoms with Crippen LogP contribution in [0.15, 0.2) is 72.8 Å². The average Bonchev–Trinajstić information content (AvgIpc) is 3.11. The first-order valence-corrected chi connectivity index (χ1v) is 15.4. The summed E-state index contributed by atoms with van der Waals surface area (Å²) in [5, 5.41) is 17.8. The van der Waals surface area contributed by atoms with Gasteiger partial charge in [0, 0.05) is 0 Å². The normalized spacial score (nSPS) is 13.2. The molecule has 13 heteroatoms. The van der Waals surface area contributed by atoms with Crippen molar-refractivity contribution in [3.05, 3.63) is 106 Å². The Kier molecular flexibility index (Phi) is 13.2. The van der Waals surface area contributed by atoms with Crippen molar-refractivity contribution >= 4 is 35.8 Å². The quantitative estimate of drug-likeness (QED) is 0.154. The number of hydrogen-bond acceptors (Lipinski definition) is 12. The lowest BCUT2D eigenvalue weighted by Crippen LogP contribution is -2.37. The van der Waals surface area contributed by atoms with E-state index in [0.717, 1.165) is 0 Å². The molecule has 0 radical (unpaired) electrons. The van der Waals surface area contributed by atoms with Gasteiger partial charge in [0.25, 0.3) is 0 Å². The first-order chi connectivity index (χ1) is 23.2. The molecule has 0 spiro atoms. The highest BCUT2D eigenvalue weighted by atomic mass is 16.6. The van der Waals surface area contributed by atoms with E-state index in [1.54, 1.807) is 27.7 Å². The molecule has 3 rings (SSSR count). The van der Waals surface area contributed by atoms with E-state index in [2.05, 4.69) is 0 Å². The zero-order chi connectivity index (χ0) is 36.2. The van der Waals surface area contributed by atoms with E-state index in [1.807, 2.05) is 0 Å². The number of benzene rings is 3. The minimum absolute atomic E-state index is 0.0195. The fourth-order valence-corrected chi connectivity index (χ4v) is 4.03. The van der Waals surface area contributed by atoms with Gasteiger partial charge in [-0.2, -0.15) is 0 Å². The maximum Gasteiger partial charge on any atom is 0.338 e. The molecule has 49 heavy (non-hydrogen) atoms. The molecule has 0 bridgehead atoms. The van der Waals surface area contributed by atoms with E-state index in [1.165, 1.54) is 72.8 Å². The third kappa shape index (κ3) is 10.7. The van der Waals surface area contributed by atoms with Crippen LogP contribution in [-0.2, 0) is 23.7 Å². The molecule has 0 aliphatic heterocycles. The lowest BCUT2D eigenvalue weighted by Gasteiger charge is -2.28. The molecule has 0 saturated heterocycles. The lowest BCUT2D eigenvalue weighted by molar-refractivity contribution is -0.0477. The highest BCUT2D eigenvalue weighted by molar-refractivity contribution is 5.95. The Morgan fingerprint density at radius 1 is 0.510 bits per heavy atom. The van der Waals surface area contributed by atoms with Gasteiger partial charge in [0.15, 0.2) is 0 Å². The van der Waals surface area contributed by atoms with Gasteiger partial charge in [0.2, 0.25) is 0 Å². The van der Waals surface area contributed by atoms with Gasteiger partial charge in [0.1, 0.15) is 31.0 Å². The second-order valence-electron chi connectivity index (χ2n) is 11.4. The van der Waals surface area contributed by atoms with Crippen LogP contribution in [0.1, 0.15) is 103 Å². The van der Waals surface area contributed by atoms with Crippen LogP contribution in [0, 0.1) is 0 Å². The van der Waals surface area contributed by atoms with Gasteiger partial charge < -0.3 is 33.9 Å². The van der Waals surface area contributed by atoms with Gasteiger partial charge in [-0.3, -0.25) is 0 Å². The molecule has 0 fully saturated rings. The van der Waals surface area contributed by atoms with Crippen LogP contribution < -0.4 is 0 Å². The third-order valence-corrected chi connectivity index (χ3v) is 7.60. The minimum Gasteiger partial charge on any atom is -0.478 e. The number of esters is 5. The summed E-state index contributed by atoms with van der Waals surface area (Å²) < 4.78 is 26.9. The second-order valence-corrected chi connectivity index (χ2v) is 11.4. The van der Waals surface area contributed by atoms with Gasteiger partial charge in [-0.1, -0.05) is 13.8 Å². The van der Waals surface area contributed by atoms with Crippen LogP contribution in [0.4, 0.5) is 0 Å². The molecule has 2 unspecified atom stereocenters. The zero-order valence-corrected chi connectivity index (χ0v) is 27.6. The summed E-state index contributed by atoms with van der Waals surface area (Å²) in [5.41, 5.74) is -1.57. The fourth-order valence-electron chi connectivity index (χ4n) is 4.03. The van der Waals surface area contributed by atoms with Crippen molar-refractivity contribution in [3.8, 4) is 0 Å². The van der Waals surface area contributed by atoms with Crippen LogP contribution in [0.25, 0.3) is 0 Å². The van der Waals surface area contributed by atoms with Crippen LogP contribution in [0.5, 0.6) is 0 Å². The van der Waals surface area contributed by atoms with E-state index < -0.39 is 47.0 Å². The Morgan fingerprint density at radius 3 is 1.08 bits per heavy atom. The van der Waals surface area contributed by atoms with Crippen molar-refractivity contribution < 1.29 is 62.7 Å². The molecule has 3 aromatic carbocycles. The van der Waals surface area contributed by atoms with E-state index in [0.29, 0.717) is 12.8 Å². The third-order valence-electron chi connectivity index (χ3n) is 7.60. The average molecular weight is 679 g/mol. The molecule has 0 aromatic heterocycles. The molecule has 3 aromatic rings. The Balaban J connectivity index is 1.54. The summed E-state index contributed by atoms with van der Waals surface area (Å²) in [6.07, 6.45) is 0.616. The summed E-state index contributed by atoms with van der Waals surface area (Å²) >= 11 is 0. The van der Waals surface area contributed by atoms with Crippen LogP contribution in [-0.4, -0.2) is 83.7 Å². The predicted molar refractivity (Wildman–Crippen MR) is 172 cm³/mol. The highest BCUT2D eigenvalue weighted by Gasteiger charge is 2.31. The molecule has 0 saturated carbocycles. The number of ether oxygens (including phenoxy) is 5. The first-order valence-electron chi connectivity index (χ1n) is 15.4. The molecule has 2 atom stereocenters. The maximum atomic E-state index is 12.9. The van der Waals surface area contributed by atoms with Crippen LogP contribution in [0.3, 0.4) is 0 Å². The van der Waals surface area contributed by atoms with Crippen molar-refractivity contribution in [2.45, 2.75) is 51.7 Å². The molecular weight excluding hydrogens is 640 g/mol.